The predicted molar refractivity (Wildman–Crippen MR) is 99.3 cm³/mol. The van der Waals surface area contributed by atoms with E-state index in [1.807, 2.05) is 36.4 Å². The Labute approximate surface area is 148 Å². The van der Waals surface area contributed by atoms with E-state index >= 15 is 0 Å². The first-order valence-electron chi connectivity index (χ1n) is 8.63. The smallest absolute Gasteiger partial charge is 0.165 e. The molecular weight excluding hydrogens is 308 g/mol. The lowest BCUT2D eigenvalue weighted by Gasteiger charge is -2.07. The van der Waals surface area contributed by atoms with Crippen LogP contribution < -0.4 is 5.32 Å². The maximum atomic E-state index is 12.4. The number of benzene rings is 2. The minimum absolute atomic E-state index is 0.216. The molecule has 25 heavy (non-hydrogen) atoms. The van der Waals surface area contributed by atoms with Gasteiger partial charge in [0.2, 0.25) is 0 Å². The van der Waals surface area contributed by atoms with E-state index in [1.165, 1.54) is 12.8 Å². The summed E-state index contributed by atoms with van der Waals surface area (Å²) in [5.41, 5.74) is 3.28. The van der Waals surface area contributed by atoms with Gasteiger partial charge in [0.15, 0.2) is 5.78 Å². The van der Waals surface area contributed by atoms with Crippen molar-refractivity contribution in [3.63, 3.8) is 0 Å². The largest absolute Gasteiger partial charge is 0.374 e. The van der Waals surface area contributed by atoms with Crippen molar-refractivity contribution >= 4 is 11.5 Å². The van der Waals surface area contributed by atoms with Crippen LogP contribution in [0.5, 0.6) is 0 Å². The summed E-state index contributed by atoms with van der Waals surface area (Å²) in [6.07, 6.45) is 4.40. The molecule has 1 aliphatic carbocycles. The van der Waals surface area contributed by atoms with Crippen molar-refractivity contribution in [3.8, 4) is 17.9 Å². The lowest BCUT2D eigenvalue weighted by atomic mass is 9.96. The van der Waals surface area contributed by atoms with Gasteiger partial charge in [0.1, 0.15) is 0 Å². The first kappa shape index (κ1) is 16.8. The predicted octanol–water partition coefficient (Wildman–Crippen LogP) is 4.39. The van der Waals surface area contributed by atoms with E-state index in [9.17, 15) is 4.79 Å². The Kier molecular flexibility index (Phi) is 5.50. The molecule has 0 saturated heterocycles. The third kappa shape index (κ3) is 4.49. The van der Waals surface area contributed by atoms with Crippen LogP contribution in [0.2, 0.25) is 0 Å². The van der Waals surface area contributed by atoms with Crippen LogP contribution in [-0.2, 0) is 0 Å². The number of Topliss-reactive ketones (excluding diaryl/α,β-unsaturated/α-hetero) is 1. The van der Waals surface area contributed by atoms with Gasteiger partial charge in [0, 0.05) is 22.7 Å². The van der Waals surface area contributed by atoms with Crippen molar-refractivity contribution in [2.75, 3.05) is 11.9 Å². The average Bonchev–Trinajstić information content (AvgIpc) is 3.20. The molecule has 0 spiro atoms. The zero-order valence-electron chi connectivity index (χ0n) is 14.1. The van der Waals surface area contributed by atoms with Gasteiger partial charge in [-0.1, -0.05) is 36.8 Å². The molecule has 3 rings (SSSR count). The van der Waals surface area contributed by atoms with Crippen LogP contribution in [0.3, 0.4) is 0 Å². The number of carbonyl (C=O) groups excluding carboxylic acids is 1. The van der Waals surface area contributed by atoms with Gasteiger partial charge in [0.05, 0.1) is 18.2 Å². The number of nitriles is 1. The van der Waals surface area contributed by atoms with Gasteiger partial charge in [-0.15, -0.1) is 0 Å². The summed E-state index contributed by atoms with van der Waals surface area (Å²) in [4.78, 5) is 12.4. The van der Waals surface area contributed by atoms with Gasteiger partial charge in [-0.05, 0) is 49.2 Å². The maximum Gasteiger partial charge on any atom is 0.165 e. The second-order valence-corrected chi connectivity index (χ2v) is 6.27. The number of carbonyl (C=O) groups is 1. The molecule has 0 aliphatic heterocycles. The van der Waals surface area contributed by atoms with E-state index in [0.29, 0.717) is 12.1 Å². The molecule has 2 aromatic rings. The fraction of sp³-hybridized carbons (Fsp3) is 0.273. The van der Waals surface area contributed by atoms with Gasteiger partial charge in [-0.25, -0.2) is 0 Å². The summed E-state index contributed by atoms with van der Waals surface area (Å²) >= 11 is 0. The van der Waals surface area contributed by atoms with Crippen molar-refractivity contribution in [3.05, 3.63) is 65.2 Å². The highest BCUT2D eigenvalue weighted by Gasteiger charge is 2.23. The zero-order valence-corrected chi connectivity index (χ0v) is 14.1. The van der Waals surface area contributed by atoms with E-state index in [0.717, 1.165) is 29.7 Å². The van der Waals surface area contributed by atoms with Crippen molar-refractivity contribution in [1.29, 1.82) is 5.26 Å². The highest BCUT2D eigenvalue weighted by molar-refractivity contribution is 5.98. The number of hydrogen-bond donors (Lipinski definition) is 1. The molecular formula is C22H20N2O. The molecule has 124 valence electrons. The van der Waals surface area contributed by atoms with Crippen molar-refractivity contribution < 1.29 is 4.79 Å². The van der Waals surface area contributed by atoms with Crippen molar-refractivity contribution in [1.82, 2.24) is 0 Å². The Balaban J connectivity index is 1.54. The number of rotatable bonds is 4. The van der Waals surface area contributed by atoms with Crippen molar-refractivity contribution in [2.24, 2.45) is 5.92 Å². The minimum atomic E-state index is 0.216. The number of nitrogens with one attached hydrogen (secondary N) is 1. The number of nitrogens with zero attached hydrogens (tertiary/aromatic N) is 1. The molecule has 3 heteroatoms. The third-order valence-electron chi connectivity index (χ3n) is 4.52. The molecule has 1 saturated carbocycles. The van der Waals surface area contributed by atoms with Crippen LogP contribution in [0.15, 0.2) is 48.5 Å². The van der Waals surface area contributed by atoms with E-state index in [-0.39, 0.29) is 11.7 Å². The monoisotopic (exact) mass is 328 g/mol. The molecule has 0 atom stereocenters. The lowest BCUT2D eigenvalue weighted by Crippen LogP contribution is -2.10. The molecule has 1 N–H and O–H groups in total. The highest BCUT2D eigenvalue weighted by Crippen LogP contribution is 2.28. The molecule has 0 heterocycles. The number of anilines is 1. The minimum Gasteiger partial charge on any atom is -0.374 e. The Hall–Kier alpha value is -3.04. The number of hydrogen-bond acceptors (Lipinski definition) is 3. The molecule has 3 nitrogen and oxygen atoms in total. The lowest BCUT2D eigenvalue weighted by molar-refractivity contribution is 0.0923. The molecule has 2 aromatic carbocycles. The van der Waals surface area contributed by atoms with Gasteiger partial charge in [0.25, 0.3) is 0 Å². The maximum absolute atomic E-state index is 12.4. The summed E-state index contributed by atoms with van der Waals surface area (Å²) in [6, 6.07) is 17.0. The molecule has 1 fully saturated rings. The summed E-state index contributed by atoms with van der Waals surface area (Å²) < 4.78 is 0. The zero-order chi connectivity index (χ0) is 17.5. The van der Waals surface area contributed by atoms with E-state index in [2.05, 4.69) is 23.2 Å². The van der Waals surface area contributed by atoms with E-state index in [1.54, 1.807) is 12.1 Å². The standard InChI is InChI=1S/C22H20N2O/c23-16-18-9-13-21(14-10-18)24-15-3-4-17-7-11-20(12-8-17)22(25)19-5-1-2-6-19/h7-14,19,24H,1-2,5-6,15H2. The first-order chi connectivity index (χ1) is 12.3. The normalized spacial score (nSPS) is 13.6. The molecule has 0 radical (unpaired) electrons. The topological polar surface area (TPSA) is 52.9 Å². The highest BCUT2D eigenvalue weighted by atomic mass is 16.1. The molecule has 0 bridgehead atoms. The van der Waals surface area contributed by atoms with Gasteiger partial charge in [-0.3, -0.25) is 4.79 Å². The summed E-state index contributed by atoms with van der Waals surface area (Å²) in [7, 11) is 0. The van der Waals surface area contributed by atoms with Crippen LogP contribution in [0.1, 0.15) is 47.2 Å². The van der Waals surface area contributed by atoms with E-state index < -0.39 is 0 Å². The Bertz CT molecular complexity index is 827. The Morgan fingerprint density at radius 3 is 2.28 bits per heavy atom. The average molecular weight is 328 g/mol. The fourth-order valence-corrected chi connectivity index (χ4v) is 3.10. The number of ketones is 1. The molecule has 0 unspecified atom stereocenters. The summed E-state index contributed by atoms with van der Waals surface area (Å²) in [5, 5.41) is 12.0. The van der Waals surface area contributed by atoms with Gasteiger partial charge in [-0.2, -0.15) is 5.26 Å². The fourth-order valence-electron chi connectivity index (χ4n) is 3.10. The Morgan fingerprint density at radius 1 is 1.00 bits per heavy atom. The van der Waals surface area contributed by atoms with Crippen LogP contribution >= 0.6 is 0 Å². The third-order valence-corrected chi connectivity index (χ3v) is 4.52. The van der Waals surface area contributed by atoms with Gasteiger partial charge >= 0.3 is 0 Å². The molecule has 0 aromatic heterocycles. The SMILES string of the molecule is N#Cc1ccc(NCC#Cc2ccc(C(=O)C3CCCC3)cc2)cc1. The van der Waals surface area contributed by atoms with E-state index in [4.69, 9.17) is 5.26 Å². The molecule has 0 amide bonds. The van der Waals surface area contributed by atoms with Gasteiger partial charge < -0.3 is 5.32 Å². The van der Waals surface area contributed by atoms with Crippen molar-refractivity contribution in [2.45, 2.75) is 25.7 Å². The quantitative estimate of drug-likeness (QED) is 0.669. The molecule has 1 aliphatic rings. The van der Waals surface area contributed by atoms with Crippen LogP contribution in [0.25, 0.3) is 0 Å². The Morgan fingerprint density at radius 2 is 1.64 bits per heavy atom. The second kappa shape index (κ2) is 8.18. The van der Waals surface area contributed by atoms with Crippen LogP contribution in [0.4, 0.5) is 5.69 Å². The van der Waals surface area contributed by atoms with Crippen LogP contribution in [0, 0.1) is 29.1 Å². The summed E-state index contributed by atoms with van der Waals surface area (Å²) in [5.74, 6) is 6.66. The summed E-state index contributed by atoms with van der Waals surface area (Å²) in [6.45, 7) is 0.522. The van der Waals surface area contributed by atoms with Crippen LogP contribution in [-0.4, -0.2) is 12.3 Å². The first-order valence-corrected chi connectivity index (χ1v) is 8.63. The second-order valence-electron chi connectivity index (χ2n) is 6.27.